The van der Waals surface area contributed by atoms with Gasteiger partial charge in [0.1, 0.15) is 0 Å². The Hall–Kier alpha value is -1.59. The van der Waals surface area contributed by atoms with Gasteiger partial charge in [-0.05, 0) is 31.5 Å². The fourth-order valence-corrected chi connectivity index (χ4v) is 3.18. The van der Waals surface area contributed by atoms with Crippen LogP contribution in [-0.4, -0.2) is 66.5 Å². The van der Waals surface area contributed by atoms with Crippen LogP contribution in [0.15, 0.2) is 29.3 Å². The van der Waals surface area contributed by atoms with E-state index < -0.39 is 0 Å². The van der Waals surface area contributed by atoms with Gasteiger partial charge in [-0.2, -0.15) is 0 Å². The van der Waals surface area contributed by atoms with Gasteiger partial charge in [-0.15, -0.1) is 0 Å². The minimum Gasteiger partial charge on any atom is -0.370 e. The fraction of sp³-hybridized carbons (Fsp3) is 0.632. The average Bonchev–Trinajstić information content (AvgIpc) is 2.62. The van der Waals surface area contributed by atoms with Gasteiger partial charge in [0, 0.05) is 45.8 Å². The number of guanidine groups is 1. The number of nitrogens with two attached hydrogens (primary N) is 1. The first kappa shape index (κ1) is 18.7. The number of nitrogens with zero attached hydrogens (tertiary/aromatic N) is 4. The smallest absolute Gasteiger partial charge is 0.191 e. The Morgan fingerprint density at radius 1 is 1.00 bits per heavy atom. The molecule has 0 bridgehead atoms. The molecule has 2 rings (SSSR count). The maximum absolute atomic E-state index is 6.11. The van der Waals surface area contributed by atoms with Gasteiger partial charge in [0.25, 0.3) is 0 Å². The molecule has 0 aliphatic carbocycles. The molecule has 1 aromatic rings. The Morgan fingerprint density at radius 2 is 1.58 bits per heavy atom. The normalized spacial score (nSPS) is 17.2. The number of piperazine rings is 1. The second-order valence-electron chi connectivity index (χ2n) is 6.33. The van der Waals surface area contributed by atoms with Crippen LogP contribution >= 0.6 is 0 Å². The third kappa shape index (κ3) is 5.21. The van der Waals surface area contributed by atoms with Crippen LogP contribution in [0.25, 0.3) is 0 Å². The van der Waals surface area contributed by atoms with Gasteiger partial charge < -0.3 is 15.5 Å². The Labute approximate surface area is 147 Å². The highest BCUT2D eigenvalue weighted by Gasteiger charge is 2.16. The molecule has 5 nitrogen and oxygen atoms in total. The van der Waals surface area contributed by atoms with Crippen LogP contribution in [-0.2, 0) is 13.1 Å². The number of benzene rings is 1. The second kappa shape index (κ2) is 9.64. The summed E-state index contributed by atoms with van der Waals surface area (Å²) in [6.45, 7) is 15.7. The highest BCUT2D eigenvalue weighted by atomic mass is 15.3. The molecule has 2 N–H and O–H groups in total. The zero-order valence-electron chi connectivity index (χ0n) is 15.5. The monoisotopic (exact) mass is 331 g/mol. The summed E-state index contributed by atoms with van der Waals surface area (Å²) < 4.78 is 0. The van der Waals surface area contributed by atoms with Crippen molar-refractivity contribution in [3.05, 3.63) is 35.4 Å². The van der Waals surface area contributed by atoms with Crippen molar-refractivity contribution in [2.24, 2.45) is 10.7 Å². The quantitative estimate of drug-likeness (QED) is 0.613. The van der Waals surface area contributed by atoms with Crippen LogP contribution in [0, 0.1) is 0 Å². The van der Waals surface area contributed by atoms with Crippen LogP contribution in [0.5, 0.6) is 0 Å². The number of hydrogen-bond acceptors (Lipinski definition) is 3. The molecule has 24 heavy (non-hydrogen) atoms. The van der Waals surface area contributed by atoms with E-state index in [1.54, 1.807) is 0 Å². The maximum atomic E-state index is 6.11. The molecule has 0 radical (unpaired) electrons. The summed E-state index contributed by atoms with van der Waals surface area (Å²) in [5.41, 5.74) is 8.77. The number of likely N-dealkylation sites (N-methyl/N-ethyl adjacent to an activating group) is 1. The van der Waals surface area contributed by atoms with Crippen molar-refractivity contribution in [3.63, 3.8) is 0 Å². The Morgan fingerprint density at radius 3 is 2.17 bits per heavy atom. The molecule has 0 aromatic heterocycles. The first-order valence-corrected chi connectivity index (χ1v) is 9.24. The molecular weight excluding hydrogens is 298 g/mol. The van der Waals surface area contributed by atoms with Crippen molar-refractivity contribution >= 4 is 5.96 Å². The number of hydrogen-bond donors (Lipinski definition) is 1. The predicted molar refractivity (Wildman–Crippen MR) is 102 cm³/mol. The third-order valence-corrected chi connectivity index (χ3v) is 4.92. The van der Waals surface area contributed by atoms with Crippen molar-refractivity contribution in [1.82, 2.24) is 14.7 Å². The first-order chi connectivity index (χ1) is 11.7. The van der Waals surface area contributed by atoms with Crippen LogP contribution in [0.3, 0.4) is 0 Å². The van der Waals surface area contributed by atoms with E-state index in [1.807, 2.05) is 0 Å². The number of rotatable bonds is 7. The van der Waals surface area contributed by atoms with E-state index in [0.717, 1.165) is 39.3 Å². The molecule has 0 amide bonds. The van der Waals surface area contributed by atoms with Crippen molar-refractivity contribution in [1.29, 1.82) is 0 Å². The minimum atomic E-state index is 0.645. The highest BCUT2D eigenvalue weighted by molar-refractivity contribution is 5.78. The largest absolute Gasteiger partial charge is 0.370 e. The molecule has 134 valence electrons. The predicted octanol–water partition coefficient (Wildman–Crippen LogP) is 1.98. The lowest BCUT2D eigenvalue weighted by Gasteiger charge is -2.34. The van der Waals surface area contributed by atoms with E-state index in [2.05, 4.69) is 64.7 Å². The Bertz CT molecular complexity index is 516. The van der Waals surface area contributed by atoms with Crippen LogP contribution in [0.1, 0.15) is 31.9 Å². The van der Waals surface area contributed by atoms with Crippen molar-refractivity contribution in [2.45, 2.75) is 33.9 Å². The lowest BCUT2D eigenvalue weighted by atomic mass is 10.1. The van der Waals surface area contributed by atoms with Crippen LogP contribution in [0.2, 0.25) is 0 Å². The molecule has 0 unspecified atom stereocenters. The summed E-state index contributed by atoms with van der Waals surface area (Å²) in [7, 11) is 0. The van der Waals surface area contributed by atoms with E-state index in [0.29, 0.717) is 12.5 Å². The van der Waals surface area contributed by atoms with Crippen molar-refractivity contribution in [2.75, 3.05) is 45.8 Å². The van der Waals surface area contributed by atoms with E-state index in [9.17, 15) is 0 Å². The van der Waals surface area contributed by atoms with Gasteiger partial charge in [-0.3, -0.25) is 4.90 Å². The summed E-state index contributed by atoms with van der Waals surface area (Å²) in [5, 5.41) is 0. The molecule has 1 heterocycles. The standard InChI is InChI=1S/C19H33N5/c1-4-22-11-13-23(14-12-22)16-18-10-8-7-9-17(18)15-21-19(20)24(5-2)6-3/h7-10H,4-6,11-16H2,1-3H3,(H2,20,21). The third-order valence-electron chi connectivity index (χ3n) is 4.92. The topological polar surface area (TPSA) is 48.1 Å². The zero-order chi connectivity index (χ0) is 17.4. The van der Waals surface area contributed by atoms with Gasteiger partial charge in [0.2, 0.25) is 0 Å². The summed E-state index contributed by atoms with van der Waals surface area (Å²) in [6, 6.07) is 8.62. The van der Waals surface area contributed by atoms with E-state index in [4.69, 9.17) is 5.73 Å². The van der Waals surface area contributed by atoms with Crippen molar-refractivity contribution < 1.29 is 0 Å². The summed E-state index contributed by atoms with van der Waals surface area (Å²) in [6.07, 6.45) is 0. The molecule has 1 aliphatic heterocycles. The molecular formula is C19H33N5. The van der Waals surface area contributed by atoms with Gasteiger partial charge in [0.15, 0.2) is 5.96 Å². The SMILES string of the molecule is CCN1CCN(Cc2ccccc2CN=C(N)N(CC)CC)CC1. The lowest BCUT2D eigenvalue weighted by molar-refractivity contribution is 0.131. The minimum absolute atomic E-state index is 0.645. The van der Waals surface area contributed by atoms with E-state index in [1.165, 1.54) is 24.2 Å². The van der Waals surface area contributed by atoms with E-state index in [-0.39, 0.29) is 0 Å². The van der Waals surface area contributed by atoms with Gasteiger partial charge in [-0.1, -0.05) is 31.2 Å². The van der Waals surface area contributed by atoms with E-state index >= 15 is 0 Å². The van der Waals surface area contributed by atoms with Gasteiger partial charge in [0.05, 0.1) is 6.54 Å². The molecule has 0 saturated carbocycles. The molecule has 1 aromatic carbocycles. The zero-order valence-corrected chi connectivity index (χ0v) is 15.5. The van der Waals surface area contributed by atoms with Crippen LogP contribution < -0.4 is 5.73 Å². The molecule has 1 saturated heterocycles. The molecule has 1 aliphatic rings. The van der Waals surface area contributed by atoms with Crippen molar-refractivity contribution in [3.8, 4) is 0 Å². The maximum Gasteiger partial charge on any atom is 0.191 e. The lowest BCUT2D eigenvalue weighted by Crippen LogP contribution is -2.45. The summed E-state index contributed by atoms with van der Waals surface area (Å²) in [4.78, 5) is 11.8. The van der Waals surface area contributed by atoms with Gasteiger partial charge in [-0.25, -0.2) is 4.99 Å². The molecule has 0 atom stereocenters. The molecule has 5 heteroatoms. The van der Waals surface area contributed by atoms with Crippen LogP contribution in [0.4, 0.5) is 0 Å². The Balaban J connectivity index is 1.99. The summed E-state index contributed by atoms with van der Waals surface area (Å²) in [5.74, 6) is 0.645. The average molecular weight is 332 g/mol. The second-order valence-corrected chi connectivity index (χ2v) is 6.33. The fourth-order valence-electron chi connectivity index (χ4n) is 3.18. The summed E-state index contributed by atoms with van der Waals surface area (Å²) >= 11 is 0. The first-order valence-electron chi connectivity index (χ1n) is 9.24. The molecule has 0 spiro atoms. The van der Waals surface area contributed by atoms with Gasteiger partial charge >= 0.3 is 0 Å². The molecule has 1 fully saturated rings. The Kier molecular flexibility index (Phi) is 7.53. The number of aliphatic imine (C=N–C) groups is 1. The highest BCUT2D eigenvalue weighted by Crippen LogP contribution is 2.14.